The Kier molecular flexibility index (Phi) is 12.9. The zero-order valence-electron chi connectivity index (χ0n) is 25.7. The Morgan fingerprint density at radius 3 is 2.50 bits per heavy atom. The summed E-state index contributed by atoms with van der Waals surface area (Å²) in [5.41, 5.74) is 4.48. The summed E-state index contributed by atoms with van der Waals surface area (Å²) in [5, 5.41) is 2.87. The lowest BCUT2D eigenvalue weighted by atomic mass is 10.0. The van der Waals surface area contributed by atoms with Crippen LogP contribution in [0, 0.1) is 0 Å². The smallest absolute Gasteiger partial charge is 0.248 e. The number of anilines is 1. The zero-order chi connectivity index (χ0) is 31.1. The molecular formula is C35H41N3O5S. The molecule has 0 fully saturated rings. The van der Waals surface area contributed by atoms with Gasteiger partial charge in [0, 0.05) is 48.8 Å². The van der Waals surface area contributed by atoms with Gasteiger partial charge in [-0.1, -0.05) is 31.5 Å². The Bertz CT molecular complexity index is 1490. The number of imidazole rings is 1. The maximum Gasteiger partial charge on any atom is 0.248 e. The number of hydrogen-bond acceptors (Lipinski definition) is 6. The van der Waals surface area contributed by atoms with E-state index in [9.17, 15) is 9.35 Å². The van der Waals surface area contributed by atoms with Crippen molar-refractivity contribution in [1.29, 1.82) is 0 Å². The molecule has 1 atom stereocenters. The number of benzene rings is 3. The van der Waals surface area contributed by atoms with Crippen molar-refractivity contribution in [3.63, 3.8) is 0 Å². The van der Waals surface area contributed by atoms with Gasteiger partial charge in [0.05, 0.1) is 20.0 Å². The number of nitrogens with one attached hydrogen (secondary N) is 1. The van der Waals surface area contributed by atoms with Crippen molar-refractivity contribution in [3.05, 3.63) is 96.6 Å². The van der Waals surface area contributed by atoms with Crippen LogP contribution in [0.4, 0.5) is 5.69 Å². The van der Waals surface area contributed by atoms with Crippen molar-refractivity contribution < 1.29 is 23.6 Å². The van der Waals surface area contributed by atoms with Gasteiger partial charge in [-0.3, -0.25) is 4.79 Å². The van der Waals surface area contributed by atoms with Gasteiger partial charge in [0.25, 0.3) is 0 Å². The number of aromatic nitrogens is 2. The summed E-state index contributed by atoms with van der Waals surface area (Å²) < 4.78 is 31.7. The first kappa shape index (κ1) is 32.9. The van der Waals surface area contributed by atoms with Crippen molar-refractivity contribution in [3.8, 4) is 22.6 Å². The number of unbranched alkanes of at least 4 members (excludes halogenated alkanes) is 1. The molecule has 0 bridgehead atoms. The molecule has 0 radical (unpaired) electrons. The first-order valence-electron chi connectivity index (χ1n) is 15.0. The first-order valence-corrected chi connectivity index (χ1v) is 16.3. The van der Waals surface area contributed by atoms with Crippen molar-refractivity contribution in [1.82, 2.24) is 9.55 Å². The lowest BCUT2D eigenvalue weighted by molar-refractivity contribution is -0.111. The van der Waals surface area contributed by atoms with E-state index in [4.69, 9.17) is 14.2 Å². The summed E-state index contributed by atoms with van der Waals surface area (Å²) >= 11 is -1.15. The van der Waals surface area contributed by atoms with Crippen LogP contribution in [0.25, 0.3) is 17.2 Å². The van der Waals surface area contributed by atoms with Crippen molar-refractivity contribution in [2.45, 2.75) is 44.6 Å². The zero-order valence-corrected chi connectivity index (χ0v) is 26.5. The van der Waals surface area contributed by atoms with Crippen LogP contribution in [-0.2, 0) is 33.7 Å². The van der Waals surface area contributed by atoms with Gasteiger partial charge in [0.15, 0.2) is 4.90 Å². The summed E-state index contributed by atoms with van der Waals surface area (Å²) in [6, 6.07) is 20.9. The van der Waals surface area contributed by atoms with E-state index in [0.29, 0.717) is 36.8 Å². The van der Waals surface area contributed by atoms with Crippen LogP contribution in [0.2, 0.25) is 0 Å². The number of aryl methyl sites for hydroxylation is 2. The van der Waals surface area contributed by atoms with E-state index in [2.05, 4.69) is 28.7 Å². The molecule has 9 heteroatoms. The van der Waals surface area contributed by atoms with Gasteiger partial charge in [-0.2, -0.15) is 0 Å². The number of ether oxygens (including phenoxy) is 3. The summed E-state index contributed by atoms with van der Waals surface area (Å²) in [4.78, 5) is 17.6. The Morgan fingerprint density at radius 2 is 1.77 bits per heavy atom. The molecule has 4 rings (SSSR count). The first-order chi connectivity index (χ1) is 21.5. The molecule has 1 amide bonds. The number of carbonyl (C=O) groups is 1. The highest BCUT2D eigenvalue weighted by molar-refractivity contribution is 7.91. The van der Waals surface area contributed by atoms with Gasteiger partial charge in [-0.05, 0) is 90.3 Å². The van der Waals surface area contributed by atoms with E-state index in [1.807, 2.05) is 48.7 Å². The Balaban J connectivity index is 1.31. The van der Waals surface area contributed by atoms with Crippen LogP contribution >= 0.6 is 0 Å². The number of hydrogen-bond donors (Lipinski definition) is 1. The normalized spacial score (nSPS) is 11.9. The molecule has 232 valence electrons. The van der Waals surface area contributed by atoms with Gasteiger partial charge in [0.2, 0.25) is 5.91 Å². The molecule has 4 aromatic rings. The van der Waals surface area contributed by atoms with Crippen molar-refractivity contribution in [2.24, 2.45) is 0 Å². The Morgan fingerprint density at radius 1 is 1.00 bits per heavy atom. The molecule has 0 saturated heterocycles. The summed E-state index contributed by atoms with van der Waals surface area (Å²) in [6.45, 7) is 6.88. The molecule has 0 unspecified atom stereocenters. The lowest BCUT2D eigenvalue weighted by Crippen LogP contribution is -2.12. The number of methoxy groups -OCH3 is 1. The van der Waals surface area contributed by atoms with E-state index in [1.165, 1.54) is 6.08 Å². The van der Waals surface area contributed by atoms with E-state index >= 15 is 0 Å². The molecular weight excluding hydrogens is 574 g/mol. The summed E-state index contributed by atoms with van der Waals surface area (Å²) in [6.07, 6.45) is 9.68. The highest BCUT2D eigenvalue weighted by atomic mass is 32.2. The molecule has 3 aromatic carbocycles. The van der Waals surface area contributed by atoms with E-state index in [1.54, 1.807) is 43.8 Å². The summed E-state index contributed by atoms with van der Waals surface area (Å²) in [5.74, 6) is 1.68. The van der Waals surface area contributed by atoms with Gasteiger partial charge < -0.3 is 28.6 Å². The molecule has 1 heterocycles. The third kappa shape index (κ3) is 9.74. The predicted octanol–water partition coefficient (Wildman–Crippen LogP) is 6.78. The second-order valence-electron chi connectivity index (χ2n) is 10.1. The standard InChI is InChI=1S/C35H41N3O5S/c1-4-6-20-42-21-22-43-32-13-7-27(8-14-32)28-9-17-34(41-3)29(24-28)10-18-35(39)37-30-11-15-33(16-12-30)44(40)23-19-31-25-36-26-38(31)5-2/h7-18,24-26H,4-6,19-23H2,1-3H3,(H,37,39)/b18-10+/t44-/m0/s1. The van der Waals surface area contributed by atoms with Crippen LogP contribution in [0.15, 0.2) is 90.2 Å². The molecule has 1 aromatic heterocycles. The summed E-state index contributed by atoms with van der Waals surface area (Å²) in [7, 11) is 1.61. The highest BCUT2D eigenvalue weighted by Gasteiger charge is 2.13. The average Bonchev–Trinajstić information content (AvgIpc) is 3.52. The molecule has 8 nitrogen and oxygen atoms in total. The van der Waals surface area contributed by atoms with Gasteiger partial charge in [-0.15, -0.1) is 0 Å². The Hall–Kier alpha value is -4.05. The molecule has 0 aliphatic carbocycles. The third-order valence-corrected chi connectivity index (χ3v) is 8.41. The van der Waals surface area contributed by atoms with Crippen LogP contribution in [0.5, 0.6) is 11.5 Å². The predicted molar refractivity (Wildman–Crippen MR) is 177 cm³/mol. The molecule has 0 aliphatic rings. The molecule has 0 saturated carbocycles. The minimum atomic E-state index is -1.15. The van der Waals surface area contributed by atoms with Crippen LogP contribution in [-0.4, -0.2) is 52.7 Å². The van der Waals surface area contributed by atoms with Crippen LogP contribution in [0.1, 0.15) is 37.9 Å². The number of nitrogens with zero attached hydrogens (tertiary/aromatic N) is 2. The topological polar surface area (TPSA) is 97.7 Å². The average molecular weight is 616 g/mol. The maximum absolute atomic E-state index is 12.8. The largest absolute Gasteiger partial charge is 0.611 e. The molecule has 1 N–H and O–H groups in total. The second-order valence-corrected chi connectivity index (χ2v) is 11.7. The lowest BCUT2D eigenvalue weighted by Gasteiger charge is -2.12. The monoisotopic (exact) mass is 615 g/mol. The fourth-order valence-electron chi connectivity index (χ4n) is 4.55. The number of rotatable bonds is 17. The molecule has 0 spiro atoms. The van der Waals surface area contributed by atoms with Crippen molar-refractivity contribution >= 4 is 28.8 Å². The molecule has 44 heavy (non-hydrogen) atoms. The number of amides is 1. The molecule has 0 aliphatic heterocycles. The minimum absolute atomic E-state index is 0.278. The maximum atomic E-state index is 12.8. The van der Waals surface area contributed by atoms with E-state index in [-0.39, 0.29) is 5.91 Å². The SMILES string of the molecule is CCCCOCCOc1ccc(-c2ccc(OC)c(/C=C/C(=O)Nc3ccc([S@@+]([O-])CCc4cncn4CC)cc3)c2)cc1. The highest BCUT2D eigenvalue weighted by Crippen LogP contribution is 2.29. The van der Waals surface area contributed by atoms with Gasteiger partial charge in [0.1, 0.15) is 23.9 Å². The van der Waals surface area contributed by atoms with Crippen LogP contribution in [0.3, 0.4) is 0 Å². The Labute approximate surface area is 263 Å². The fraction of sp³-hybridized carbons (Fsp3) is 0.314. The number of carbonyl (C=O) groups excluding carboxylic acids is 1. The second kappa shape index (κ2) is 17.3. The quantitative estimate of drug-likeness (QED) is 0.0799. The minimum Gasteiger partial charge on any atom is -0.611 e. The van der Waals surface area contributed by atoms with Gasteiger partial charge >= 0.3 is 0 Å². The fourth-order valence-corrected chi connectivity index (χ4v) is 5.62. The van der Waals surface area contributed by atoms with Gasteiger partial charge in [-0.25, -0.2) is 4.98 Å². The van der Waals surface area contributed by atoms with Crippen molar-refractivity contribution in [2.75, 3.05) is 38.0 Å². The van der Waals surface area contributed by atoms with E-state index < -0.39 is 11.2 Å². The third-order valence-electron chi connectivity index (χ3n) is 7.04. The van der Waals surface area contributed by atoms with E-state index in [0.717, 1.165) is 59.0 Å². The van der Waals surface area contributed by atoms with Crippen LogP contribution < -0.4 is 14.8 Å².